The van der Waals surface area contributed by atoms with Gasteiger partial charge in [-0.05, 0) is 43.7 Å². The lowest BCUT2D eigenvalue weighted by Gasteiger charge is -2.20. The summed E-state index contributed by atoms with van der Waals surface area (Å²) in [6.07, 6.45) is 1.43. The van der Waals surface area contributed by atoms with E-state index in [1.54, 1.807) is 19.2 Å². The predicted molar refractivity (Wildman–Crippen MR) is 101 cm³/mol. The third-order valence-corrected chi connectivity index (χ3v) is 4.25. The van der Waals surface area contributed by atoms with E-state index in [-0.39, 0.29) is 6.23 Å². The lowest BCUT2D eigenvalue weighted by molar-refractivity contribution is 0.1000. The van der Waals surface area contributed by atoms with E-state index in [4.69, 9.17) is 20.2 Å². The highest BCUT2D eigenvalue weighted by atomic mass is 16.5. The number of primary amides is 1. The summed E-state index contributed by atoms with van der Waals surface area (Å²) in [4.78, 5) is 16.3. The Labute approximate surface area is 152 Å². The van der Waals surface area contributed by atoms with Crippen LogP contribution < -0.4 is 15.2 Å². The number of rotatable bonds is 7. The first-order valence-electron chi connectivity index (χ1n) is 8.65. The van der Waals surface area contributed by atoms with Crippen LogP contribution in [0.15, 0.2) is 42.5 Å². The van der Waals surface area contributed by atoms with Crippen LogP contribution in [-0.2, 0) is 6.42 Å². The molecule has 0 aliphatic rings. The van der Waals surface area contributed by atoms with Crippen LogP contribution in [0.3, 0.4) is 0 Å². The molecule has 0 bridgehead atoms. The molecule has 0 saturated heterocycles. The van der Waals surface area contributed by atoms with Gasteiger partial charge in [-0.1, -0.05) is 19.1 Å². The minimum Gasteiger partial charge on any atom is -0.493 e. The van der Waals surface area contributed by atoms with Gasteiger partial charge < -0.3 is 15.2 Å². The summed E-state index contributed by atoms with van der Waals surface area (Å²) >= 11 is 0. The molecular weight excluding hydrogens is 330 g/mol. The molecule has 1 unspecified atom stereocenters. The number of aromatic nitrogens is 2. The van der Waals surface area contributed by atoms with E-state index >= 15 is 0 Å². The molecule has 1 heterocycles. The van der Waals surface area contributed by atoms with Crippen molar-refractivity contribution < 1.29 is 14.3 Å². The summed E-state index contributed by atoms with van der Waals surface area (Å²) in [6, 6.07) is 12.8. The number of imidazole rings is 1. The number of aryl methyl sites for hydroxylation is 1. The molecule has 0 aliphatic carbocycles. The number of carbonyl (C=O) groups is 1. The van der Waals surface area contributed by atoms with Crippen LogP contribution >= 0.6 is 0 Å². The number of benzene rings is 2. The van der Waals surface area contributed by atoms with E-state index in [9.17, 15) is 4.79 Å². The van der Waals surface area contributed by atoms with Crippen molar-refractivity contribution in [3.63, 3.8) is 0 Å². The topological polar surface area (TPSA) is 79.4 Å². The van der Waals surface area contributed by atoms with E-state index in [0.717, 1.165) is 29.7 Å². The molecule has 0 saturated carbocycles. The summed E-state index contributed by atoms with van der Waals surface area (Å²) in [7, 11) is 1.61. The van der Waals surface area contributed by atoms with Crippen LogP contribution in [0.4, 0.5) is 0 Å². The Bertz CT molecular complexity index is 933. The van der Waals surface area contributed by atoms with Gasteiger partial charge in [0.2, 0.25) is 5.91 Å². The summed E-state index contributed by atoms with van der Waals surface area (Å²) in [5.41, 5.74) is 7.53. The molecular formula is C20H23N3O3. The molecule has 6 heteroatoms. The summed E-state index contributed by atoms with van der Waals surface area (Å²) in [6.45, 7) is 4.05. The number of amides is 1. The average Bonchev–Trinajstić information content (AvgIpc) is 2.99. The molecule has 3 aromatic rings. The van der Waals surface area contributed by atoms with Crippen molar-refractivity contribution in [2.24, 2.45) is 5.73 Å². The van der Waals surface area contributed by atoms with Gasteiger partial charge in [-0.15, -0.1) is 0 Å². The van der Waals surface area contributed by atoms with Crippen molar-refractivity contribution in [1.29, 1.82) is 0 Å². The first-order chi connectivity index (χ1) is 12.5. The smallest absolute Gasteiger partial charge is 0.248 e. The van der Waals surface area contributed by atoms with Gasteiger partial charge >= 0.3 is 0 Å². The number of nitrogens with two attached hydrogens (primary N) is 1. The molecule has 1 aromatic heterocycles. The maximum atomic E-state index is 11.6. The Morgan fingerprint density at radius 2 is 1.96 bits per heavy atom. The molecule has 2 N–H and O–H groups in total. The van der Waals surface area contributed by atoms with Crippen LogP contribution in [0.2, 0.25) is 0 Å². The van der Waals surface area contributed by atoms with Gasteiger partial charge in [0.15, 0.2) is 17.7 Å². The quantitative estimate of drug-likeness (QED) is 0.702. The molecule has 0 fully saturated rings. The van der Waals surface area contributed by atoms with Crippen LogP contribution in [0.5, 0.6) is 11.5 Å². The second-order valence-electron chi connectivity index (χ2n) is 6.08. The number of para-hydroxylation sites is 2. The second kappa shape index (κ2) is 7.47. The Morgan fingerprint density at radius 1 is 1.23 bits per heavy atom. The van der Waals surface area contributed by atoms with Gasteiger partial charge in [-0.3, -0.25) is 9.36 Å². The van der Waals surface area contributed by atoms with Crippen molar-refractivity contribution in [1.82, 2.24) is 9.55 Å². The largest absolute Gasteiger partial charge is 0.493 e. The zero-order chi connectivity index (χ0) is 18.7. The fourth-order valence-corrected chi connectivity index (χ4v) is 3.05. The Balaban J connectivity index is 2.07. The van der Waals surface area contributed by atoms with Gasteiger partial charge in [0.25, 0.3) is 0 Å². The summed E-state index contributed by atoms with van der Waals surface area (Å²) in [5.74, 6) is 1.76. The highest BCUT2D eigenvalue weighted by Gasteiger charge is 2.19. The molecule has 0 spiro atoms. The highest BCUT2D eigenvalue weighted by Crippen LogP contribution is 2.31. The van der Waals surface area contributed by atoms with E-state index in [1.165, 1.54) is 0 Å². The Hall–Kier alpha value is -3.02. The van der Waals surface area contributed by atoms with E-state index in [1.807, 2.05) is 41.8 Å². The zero-order valence-corrected chi connectivity index (χ0v) is 15.2. The molecule has 2 aromatic carbocycles. The third-order valence-electron chi connectivity index (χ3n) is 4.25. The van der Waals surface area contributed by atoms with Gasteiger partial charge in [-0.25, -0.2) is 4.98 Å². The van der Waals surface area contributed by atoms with Crippen molar-refractivity contribution >= 4 is 16.9 Å². The molecule has 3 rings (SSSR count). The fourth-order valence-electron chi connectivity index (χ4n) is 3.05. The standard InChI is InChI=1S/C20H23N3O3/c1-4-7-19-22-15-11-10-14(20(21)24)12-16(15)23(19)13(2)26-18-9-6-5-8-17(18)25-3/h5-6,8-13H,4,7H2,1-3H3,(H2,21,24). The van der Waals surface area contributed by atoms with Gasteiger partial charge in [-0.2, -0.15) is 0 Å². The molecule has 1 atom stereocenters. The molecule has 0 radical (unpaired) electrons. The minimum absolute atomic E-state index is 0.332. The number of nitrogens with zero attached hydrogens (tertiary/aromatic N) is 2. The molecule has 6 nitrogen and oxygen atoms in total. The summed E-state index contributed by atoms with van der Waals surface area (Å²) in [5, 5.41) is 0. The van der Waals surface area contributed by atoms with E-state index < -0.39 is 5.91 Å². The number of hydrogen-bond acceptors (Lipinski definition) is 4. The molecule has 136 valence electrons. The van der Waals surface area contributed by atoms with Crippen LogP contribution in [0.1, 0.15) is 42.7 Å². The summed E-state index contributed by atoms with van der Waals surface area (Å²) < 4.78 is 13.5. The highest BCUT2D eigenvalue weighted by molar-refractivity contribution is 5.96. The van der Waals surface area contributed by atoms with Crippen LogP contribution in [-0.4, -0.2) is 22.6 Å². The van der Waals surface area contributed by atoms with Crippen LogP contribution in [0, 0.1) is 0 Å². The Kier molecular flexibility index (Phi) is 5.11. The fraction of sp³-hybridized carbons (Fsp3) is 0.300. The van der Waals surface area contributed by atoms with E-state index in [2.05, 4.69) is 6.92 Å². The van der Waals surface area contributed by atoms with Gasteiger partial charge in [0.1, 0.15) is 5.82 Å². The maximum absolute atomic E-state index is 11.6. The van der Waals surface area contributed by atoms with Gasteiger partial charge in [0.05, 0.1) is 18.1 Å². The van der Waals surface area contributed by atoms with E-state index in [0.29, 0.717) is 17.1 Å². The van der Waals surface area contributed by atoms with Crippen LogP contribution in [0.25, 0.3) is 11.0 Å². The molecule has 0 aliphatic heterocycles. The third kappa shape index (κ3) is 3.35. The zero-order valence-electron chi connectivity index (χ0n) is 15.2. The van der Waals surface area contributed by atoms with Gasteiger partial charge in [0, 0.05) is 12.0 Å². The van der Waals surface area contributed by atoms with Crippen molar-refractivity contribution in [2.45, 2.75) is 32.9 Å². The van der Waals surface area contributed by atoms with Crippen molar-refractivity contribution in [3.8, 4) is 11.5 Å². The molecule has 1 amide bonds. The lowest BCUT2D eigenvalue weighted by atomic mass is 10.2. The monoisotopic (exact) mass is 353 g/mol. The minimum atomic E-state index is -0.463. The average molecular weight is 353 g/mol. The molecule has 26 heavy (non-hydrogen) atoms. The number of hydrogen-bond donors (Lipinski definition) is 1. The Morgan fingerprint density at radius 3 is 2.62 bits per heavy atom. The normalized spacial score (nSPS) is 12.1. The number of methoxy groups -OCH3 is 1. The predicted octanol–water partition coefficient (Wildman–Crippen LogP) is 3.69. The first kappa shape index (κ1) is 17.8. The second-order valence-corrected chi connectivity index (χ2v) is 6.08. The first-order valence-corrected chi connectivity index (χ1v) is 8.65. The number of carbonyl (C=O) groups excluding carboxylic acids is 1. The van der Waals surface area contributed by atoms with Crippen molar-refractivity contribution in [2.75, 3.05) is 7.11 Å². The number of fused-ring (bicyclic) bond motifs is 1. The number of ether oxygens (including phenoxy) is 2. The SMILES string of the molecule is CCCc1nc2ccc(C(N)=O)cc2n1C(C)Oc1ccccc1OC. The maximum Gasteiger partial charge on any atom is 0.248 e. The lowest BCUT2D eigenvalue weighted by Crippen LogP contribution is -2.16. The van der Waals surface area contributed by atoms with Crippen molar-refractivity contribution in [3.05, 3.63) is 53.9 Å².